The van der Waals surface area contributed by atoms with Gasteiger partial charge in [0.25, 0.3) is 0 Å². The van der Waals surface area contributed by atoms with E-state index in [9.17, 15) is 19.7 Å². The van der Waals surface area contributed by atoms with E-state index in [1.165, 1.54) is 15.8 Å². The molecular weight excluding hydrogens is 290 g/mol. The molecule has 0 radical (unpaired) electrons. The van der Waals surface area contributed by atoms with Crippen LogP contribution in [0.25, 0.3) is 0 Å². The van der Waals surface area contributed by atoms with Crippen molar-refractivity contribution in [1.82, 2.24) is 14.7 Å². The van der Waals surface area contributed by atoms with Crippen molar-refractivity contribution in [3.63, 3.8) is 0 Å². The number of hydrogen-bond acceptors (Lipinski definition) is 5. The van der Waals surface area contributed by atoms with Crippen LogP contribution in [0.5, 0.6) is 0 Å². The highest BCUT2D eigenvalue weighted by Gasteiger charge is 2.48. The summed E-state index contributed by atoms with van der Waals surface area (Å²) in [6.07, 6.45) is 5.28. The summed E-state index contributed by atoms with van der Waals surface area (Å²) < 4.78 is 1.21. The van der Waals surface area contributed by atoms with E-state index in [1.54, 1.807) is 0 Å². The third-order valence-electron chi connectivity index (χ3n) is 4.63. The number of fused-ring (bicyclic) bond motifs is 1. The number of nitrogens with zero attached hydrogens (tertiary/aromatic N) is 4. The lowest BCUT2D eigenvalue weighted by molar-refractivity contribution is -0.385. The number of hydrogen-bond donors (Lipinski definition) is 1. The van der Waals surface area contributed by atoms with Gasteiger partial charge in [0.05, 0.1) is 4.92 Å². The van der Waals surface area contributed by atoms with Gasteiger partial charge in [-0.05, 0) is 24.7 Å². The van der Waals surface area contributed by atoms with E-state index in [2.05, 4.69) is 5.10 Å². The van der Waals surface area contributed by atoms with E-state index in [4.69, 9.17) is 5.73 Å². The molecule has 3 atom stereocenters. The highest BCUT2D eigenvalue weighted by molar-refractivity contribution is 5.87. The zero-order valence-corrected chi connectivity index (χ0v) is 11.9. The predicted octanol–water partition coefficient (Wildman–Crippen LogP) is -0.0963. The van der Waals surface area contributed by atoms with Crippen LogP contribution in [0.2, 0.25) is 0 Å². The molecule has 1 aromatic heterocycles. The van der Waals surface area contributed by atoms with Crippen LogP contribution >= 0.6 is 0 Å². The maximum Gasteiger partial charge on any atom is 0.307 e. The van der Waals surface area contributed by atoms with E-state index >= 15 is 0 Å². The van der Waals surface area contributed by atoms with E-state index in [0.29, 0.717) is 12.5 Å². The molecule has 9 nitrogen and oxygen atoms in total. The Hall–Kier alpha value is -2.45. The Labute approximate surface area is 126 Å². The lowest BCUT2D eigenvalue weighted by atomic mass is 9.94. The van der Waals surface area contributed by atoms with Crippen LogP contribution in [0, 0.1) is 22.0 Å². The summed E-state index contributed by atoms with van der Waals surface area (Å²) in [4.78, 5) is 35.7. The predicted molar refractivity (Wildman–Crippen MR) is 74.4 cm³/mol. The lowest BCUT2D eigenvalue weighted by Crippen LogP contribution is -2.47. The number of carbonyl (C=O) groups is 2. The molecule has 0 aromatic carbocycles. The smallest absolute Gasteiger partial charge is 0.307 e. The summed E-state index contributed by atoms with van der Waals surface area (Å²) in [5.74, 6) is -0.285. The van der Waals surface area contributed by atoms with Gasteiger partial charge < -0.3 is 10.6 Å². The first-order valence-corrected chi connectivity index (χ1v) is 7.23. The summed E-state index contributed by atoms with van der Waals surface area (Å²) in [5, 5.41) is 14.4. The molecule has 1 saturated carbocycles. The number of aromatic nitrogens is 2. The maximum atomic E-state index is 12.4. The Morgan fingerprint density at radius 3 is 2.86 bits per heavy atom. The fourth-order valence-electron chi connectivity index (χ4n) is 3.69. The van der Waals surface area contributed by atoms with E-state index in [0.717, 1.165) is 25.5 Å². The van der Waals surface area contributed by atoms with Gasteiger partial charge in [0.1, 0.15) is 25.0 Å². The van der Waals surface area contributed by atoms with Gasteiger partial charge in [0.15, 0.2) is 0 Å². The highest BCUT2D eigenvalue weighted by Crippen LogP contribution is 2.42. The van der Waals surface area contributed by atoms with E-state index in [1.807, 2.05) is 0 Å². The summed E-state index contributed by atoms with van der Waals surface area (Å²) in [5.41, 5.74) is 5.31. The van der Waals surface area contributed by atoms with E-state index < -0.39 is 16.9 Å². The molecular formula is C13H17N5O4. The summed E-state index contributed by atoms with van der Waals surface area (Å²) in [6.45, 7) is 0.400. The molecule has 22 heavy (non-hydrogen) atoms. The number of nitro groups is 1. The Morgan fingerprint density at radius 1 is 1.45 bits per heavy atom. The molecule has 2 heterocycles. The quantitative estimate of drug-likeness (QED) is 0.614. The minimum atomic E-state index is -0.569. The second-order valence-electron chi connectivity index (χ2n) is 5.90. The Kier molecular flexibility index (Phi) is 3.55. The Morgan fingerprint density at radius 2 is 2.23 bits per heavy atom. The van der Waals surface area contributed by atoms with E-state index in [-0.39, 0.29) is 24.1 Å². The molecule has 9 heteroatoms. The first-order valence-electron chi connectivity index (χ1n) is 7.23. The second-order valence-corrected chi connectivity index (χ2v) is 5.90. The molecule has 2 aliphatic rings. The van der Waals surface area contributed by atoms with Crippen molar-refractivity contribution in [2.75, 3.05) is 6.54 Å². The molecule has 1 saturated heterocycles. The fraction of sp³-hybridized carbons (Fsp3) is 0.615. The van der Waals surface area contributed by atoms with Gasteiger partial charge in [-0.1, -0.05) is 6.42 Å². The third-order valence-corrected chi connectivity index (χ3v) is 4.63. The Balaban J connectivity index is 1.73. The summed E-state index contributed by atoms with van der Waals surface area (Å²) >= 11 is 0. The SMILES string of the molecule is NC(=O)[C@@H]1[C@@H]2CCC[C@H]2CN1C(=O)Cn1cc([N+](=O)[O-])cn1. The van der Waals surface area contributed by atoms with Gasteiger partial charge in [-0.3, -0.25) is 24.4 Å². The van der Waals surface area contributed by atoms with Crippen molar-refractivity contribution >= 4 is 17.5 Å². The third kappa shape index (κ3) is 2.42. The number of rotatable bonds is 4. The van der Waals surface area contributed by atoms with Crippen molar-refractivity contribution in [2.24, 2.45) is 17.6 Å². The molecule has 0 spiro atoms. The van der Waals surface area contributed by atoms with Crippen LogP contribution in [-0.4, -0.2) is 44.0 Å². The van der Waals surface area contributed by atoms with Crippen LogP contribution in [0.15, 0.2) is 12.4 Å². The largest absolute Gasteiger partial charge is 0.368 e. The van der Waals surface area contributed by atoms with Crippen LogP contribution < -0.4 is 5.73 Å². The van der Waals surface area contributed by atoms with Crippen molar-refractivity contribution < 1.29 is 14.5 Å². The molecule has 1 aromatic rings. The molecule has 118 valence electrons. The molecule has 0 bridgehead atoms. The molecule has 1 aliphatic heterocycles. The van der Waals surface area contributed by atoms with Crippen molar-refractivity contribution in [3.8, 4) is 0 Å². The Bertz CT molecular complexity index is 628. The van der Waals surface area contributed by atoms with Crippen LogP contribution in [-0.2, 0) is 16.1 Å². The van der Waals surface area contributed by atoms with Crippen molar-refractivity contribution in [1.29, 1.82) is 0 Å². The van der Waals surface area contributed by atoms with Crippen LogP contribution in [0.4, 0.5) is 5.69 Å². The van der Waals surface area contributed by atoms with Crippen LogP contribution in [0.1, 0.15) is 19.3 Å². The maximum absolute atomic E-state index is 12.4. The average molecular weight is 307 g/mol. The van der Waals surface area contributed by atoms with Gasteiger partial charge >= 0.3 is 5.69 Å². The van der Waals surface area contributed by atoms with Gasteiger partial charge in [0, 0.05) is 6.54 Å². The zero-order chi connectivity index (χ0) is 15.9. The molecule has 3 rings (SSSR count). The summed E-state index contributed by atoms with van der Waals surface area (Å²) in [6, 6.07) is -0.564. The van der Waals surface area contributed by atoms with Crippen LogP contribution in [0.3, 0.4) is 0 Å². The molecule has 1 aliphatic carbocycles. The minimum absolute atomic E-state index is 0.128. The molecule has 2 fully saturated rings. The normalized spacial score (nSPS) is 26.9. The van der Waals surface area contributed by atoms with Crippen molar-refractivity contribution in [2.45, 2.75) is 31.8 Å². The first-order chi connectivity index (χ1) is 10.5. The fourth-order valence-corrected chi connectivity index (χ4v) is 3.69. The minimum Gasteiger partial charge on any atom is -0.368 e. The second kappa shape index (κ2) is 5.39. The average Bonchev–Trinajstić information content (AvgIpc) is 3.11. The van der Waals surface area contributed by atoms with Crippen molar-refractivity contribution in [3.05, 3.63) is 22.5 Å². The van der Waals surface area contributed by atoms with Gasteiger partial charge in [0.2, 0.25) is 11.8 Å². The monoisotopic (exact) mass is 307 g/mol. The van der Waals surface area contributed by atoms with Gasteiger partial charge in [-0.15, -0.1) is 0 Å². The van der Waals surface area contributed by atoms with Gasteiger partial charge in [-0.2, -0.15) is 5.10 Å². The first kappa shape index (κ1) is 14.5. The number of carbonyl (C=O) groups excluding carboxylic acids is 2. The summed E-state index contributed by atoms with van der Waals surface area (Å²) in [7, 11) is 0. The highest BCUT2D eigenvalue weighted by atomic mass is 16.6. The molecule has 0 unspecified atom stereocenters. The number of amides is 2. The number of nitrogens with two attached hydrogens (primary N) is 1. The standard InChI is InChI=1S/C13H17N5O4/c14-13(20)12-10-3-1-2-8(10)5-17(12)11(19)7-16-6-9(4-15-16)18(21)22/h4,6,8,10,12H,1-3,5,7H2,(H2,14,20)/t8-,10+,12-/m0/s1. The topological polar surface area (TPSA) is 124 Å². The van der Waals surface area contributed by atoms with Gasteiger partial charge in [-0.25, -0.2) is 0 Å². The molecule has 2 N–H and O–H groups in total. The lowest BCUT2D eigenvalue weighted by Gasteiger charge is -2.25. The number of likely N-dealkylation sites (tertiary alicyclic amines) is 1. The zero-order valence-electron chi connectivity index (χ0n) is 11.9. The number of primary amides is 1. The molecule has 2 amide bonds.